The van der Waals surface area contributed by atoms with E-state index in [0.717, 1.165) is 27.9 Å². The van der Waals surface area contributed by atoms with Crippen LogP contribution in [0.25, 0.3) is 20.5 Å². The van der Waals surface area contributed by atoms with E-state index in [0.29, 0.717) is 25.3 Å². The lowest BCUT2D eigenvalue weighted by molar-refractivity contribution is -0.114. The van der Waals surface area contributed by atoms with Crippen LogP contribution in [0.1, 0.15) is 25.0 Å². The summed E-state index contributed by atoms with van der Waals surface area (Å²) in [4.78, 5) is 25.5. The van der Waals surface area contributed by atoms with Gasteiger partial charge in [0.25, 0.3) is 5.56 Å². The molecule has 0 spiro atoms. The van der Waals surface area contributed by atoms with Crippen molar-refractivity contribution in [2.45, 2.75) is 30.7 Å². The number of hydrogen-bond acceptors (Lipinski definition) is 5. The molecule has 0 unspecified atom stereocenters. The van der Waals surface area contributed by atoms with Crippen LogP contribution in [-0.2, 0) is 21.4 Å². The fourth-order valence-corrected chi connectivity index (χ4v) is 8.21. The van der Waals surface area contributed by atoms with Crippen molar-refractivity contribution < 1.29 is 13.2 Å². The Morgan fingerprint density at radius 2 is 1.78 bits per heavy atom. The van der Waals surface area contributed by atoms with E-state index in [4.69, 9.17) is 0 Å². The van der Waals surface area contributed by atoms with E-state index in [2.05, 4.69) is 23.5 Å². The van der Waals surface area contributed by atoms with Crippen LogP contribution in [0.3, 0.4) is 0 Å². The first kappa shape index (κ1) is 23.1. The number of benzene rings is 2. The molecule has 184 valence electrons. The summed E-state index contributed by atoms with van der Waals surface area (Å²) >= 11 is 1.69. The molecule has 6 rings (SSSR count). The summed E-state index contributed by atoms with van der Waals surface area (Å²) in [6, 6.07) is 20.2. The summed E-state index contributed by atoms with van der Waals surface area (Å²) in [6.45, 7) is 2.63. The number of fused-ring (bicyclic) bond motifs is 5. The summed E-state index contributed by atoms with van der Waals surface area (Å²) in [6.07, 6.45) is 0.856. The van der Waals surface area contributed by atoms with E-state index < -0.39 is 10.0 Å². The molecule has 0 saturated carbocycles. The molecule has 2 atom stereocenters. The Morgan fingerprint density at radius 3 is 2.53 bits per heavy atom. The first-order valence-corrected chi connectivity index (χ1v) is 14.2. The van der Waals surface area contributed by atoms with E-state index in [9.17, 15) is 18.0 Å². The number of hydrogen-bond donors (Lipinski definition) is 1. The molecule has 1 amide bonds. The number of thiophene rings is 1. The number of anilines is 1. The minimum Gasteiger partial charge on any atom is -0.326 e. The van der Waals surface area contributed by atoms with Gasteiger partial charge >= 0.3 is 0 Å². The van der Waals surface area contributed by atoms with Gasteiger partial charge in [-0.05, 0) is 60.2 Å². The lowest BCUT2D eigenvalue weighted by atomic mass is 9.82. The molecule has 1 N–H and O–H groups in total. The highest BCUT2D eigenvalue weighted by atomic mass is 32.2. The van der Waals surface area contributed by atoms with Gasteiger partial charge in [0.05, 0.1) is 4.90 Å². The molecule has 7 nitrogen and oxygen atoms in total. The third-order valence-electron chi connectivity index (χ3n) is 7.06. The number of nitrogens with one attached hydrogen (secondary N) is 1. The SMILES string of the molecule is CC(=O)Nc1ccc(S(=O)(=O)N2C[C@@H]3C[C@H](C2)c2c(-c4cc5ccccc5s4)ccc(=O)n2C3)cc1. The summed E-state index contributed by atoms with van der Waals surface area (Å²) in [5.74, 6) is -0.210. The normalized spacial score (nSPS) is 19.7. The third kappa shape index (κ3) is 3.97. The van der Waals surface area contributed by atoms with Crippen LogP contribution >= 0.6 is 11.3 Å². The van der Waals surface area contributed by atoms with Crippen LogP contribution in [0.4, 0.5) is 5.69 Å². The molecule has 36 heavy (non-hydrogen) atoms. The van der Waals surface area contributed by atoms with E-state index in [1.54, 1.807) is 33.8 Å². The minimum atomic E-state index is -3.72. The largest absolute Gasteiger partial charge is 0.326 e. The maximum atomic E-state index is 13.6. The first-order valence-electron chi connectivity index (χ1n) is 11.9. The van der Waals surface area contributed by atoms with Gasteiger partial charge in [-0.1, -0.05) is 18.2 Å². The fraction of sp³-hybridized carbons (Fsp3) is 0.259. The van der Waals surface area contributed by atoms with Gasteiger partial charge in [0.15, 0.2) is 0 Å². The zero-order valence-electron chi connectivity index (χ0n) is 19.7. The predicted octanol–water partition coefficient (Wildman–Crippen LogP) is 4.50. The first-order chi connectivity index (χ1) is 17.3. The van der Waals surface area contributed by atoms with Crippen molar-refractivity contribution in [1.29, 1.82) is 0 Å². The molecule has 2 aromatic carbocycles. The lowest BCUT2D eigenvalue weighted by Crippen LogP contribution is -2.49. The van der Waals surface area contributed by atoms with Crippen LogP contribution < -0.4 is 10.9 Å². The van der Waals surface area contributed by atoms with Gasteiger partial charge in [-0.3, -0.25) is 9.59 Å². The number of piperidine rings is 1. The van der Waals surface area contributed by atoms with Gasteiger partial charge in [0.1, 0.15) is 0 Å². The van der Waals surface area contributed by atoms with Gasteiger partial charge in [0.2, 0.25) is 15.9 Å². The van der Waals surface area contributed by atoms with Crippen molar-refractivity contribution in [2.24, 2.45) is 5.92 Å². The molecule has 1 saturated heterocycles. The maximum Gasteiger partial charge on any atom is 0.250 e. The van der Waals surface area contributed by atoms with Crippen molar-refractivity contribution in [3.63, 3.8) is 0 Å². The summed E-state index contributed by atoms with van der Waals surface area (Å²) in [5.41, 5.74) is 2.47. The Bertz CT molecular complexity index is 1620. The second-order valence-corrected chi connectivity index (χ2v) is 12.6. The van der Waals surface area contributed by atoms with Gasteiger partial charge in [-0.15, -0.1) is 11.3 Å². The van der Waals surface area contributed by atoms with Crippen molar-refractivity contribution in [3.8, 4) is 10.4 Å². The Balaban J connectivity index is 1.37. The number of aromatic nitrogens is 1. The maximum absolute atomic E-state index is 13.6. The summed E-state index contributed by atoms with van der Waals surface area (Å²) in [5, 5.41) is 3.82. The number of carbonyl (C=O) groups excluding carboxylic acids is 1. The van der Waals surface area contributed by atoms with Gasteiger partial charge in [-0.2, -0.15) is 4.31 Å². The molecule has 2 aliphatic heterocycles. The minimum absolute atomic E-state index is 0.0329. The molecule has 2 aliphatic rings. The third-order valence-corrected chi connectivity index (χ3v) is 10.1. The number of nitrogens with zero attached hydrogens (tertiary/aromatic N) is 2. The van der Waals surface area contributed by atoms with Crippen LogP contribution in [0.15, 0.2) is 76.4 Å². The molecule has 9 heteroatoms. The number of rotatable bonds is 4. The zero-order valence-corrected chi connectivity index (χ0v) is 21.3. The molecular formula is C27H25N3O4S2. The number of sulfonamides is 1. The van der Waals surface area contributed by atoms with Crippen LogP contribution in [0.2, 0.25) is 0 Å². The zero-order chi connectivity index (χ0) is 25.0. The van der Waals surface area contributed by atoms with Crippen LogP contribution in [-0.4, -0.2) is 36.3 Å². The van der Waals surface area contributed by atoms with E-state index in [-0.39, 0.29) is 28.2 Å². The molecule has 0 aliphatic carbocycles. The van der Waals surface area contributed by atoms with Crippen LogP contribution in [0, 0.1) is 5.92 Å². The second-order valence-electron chi connectivity index (χ2n) is 9.56. The Hall–Kier alpha value is -3.27. The van der Waals surface area contributed by atoms with Gasteiger partial charge < -0.3 is 9.88 Å². The number of amides is 1. The quantitative estimate of drug-likeness (QED) is 0.430. The van der Waals surface area contributed by atoms with Gasteiger partial charge in [-0.25, -0.2) is 8.42 Å². The van der Waals surface area contributed by atoms with Crippen molar-refractivity contribution in [2.75, 3.05) is 18.4 Å². The Labute approximate surface area is 213 Å². The van der Waals surface area contributed by atoms with Crippen molar-refractivity contribution in [1.82, 2.24) is 8.87 Å². The van der Waals surface area contributed by atoms with E-state index in [1.165, 1.54) is 23.8 Å². The van der Waals surface area contributed by atoms with E-state index in [1.807, 2.05) is 22.8 Å². The van der Waals surface area contributed by atoms with Crippen molar-refractivity contribution in [3.05, 3.63) is 82.8 Å². The summed E-state index contributed by atoms with van der Waals surface area (Å²) in [7, 11) is -3.72. The standard InChI is InChI=1S/C27H25N3O4S2/c1-17(31)28-21-6-8-22(9-7-21)36(33,34)29-14-18-12-20(16-29)27-23(10-11-26(32)30(27)15-18)25-13-19-4-2-3-5-24(19)35-25/h2-11,13,18,20H,12,14-16H2,1H3,(H,28,31)/t18-,20+/m0/s1. The molecule has 2 bridgehead atoms. The highest BCUT2D eigenvalue weighted by Gasteiger charge is 2.40. The Morgan fingerprint density at radius 1 is 1.00 bits per heavy atom. The summed E-state index contributed by atoms with van der Waals surface area (Å²) < 4.78 is 31.8. The smallest absolute Gasteiger partial charge is 0.250 e. The topological polar surface area (TPSA) is 88.5 Å². The van der Waals surface area contributed by atoms with E-state index >= 15 is 0 Å². The molecule has 0 radical (unpaired) electrons. The molecular weight excluding hydrogens is 494 g/mol. The average Bonchev–Trinajstić information content (AvgIpc) is 3.29. The number of carbonyl (C=O) groups is 1. The predicted molar refractivity (Wildman–Crippen MR) is 142 cm³/mol. The molecule has 2 aromatic heterocycles. The fourth-order valence-electron chi connectivity index (χ4n) is 5.55. The molecule has 1 fully saturated rings. The lowest BCUT2D eigenvalue weighted by Gasteiger charge is -2.42. The second kappa shape index (κ2) is 8.69. The molecule has 4 aromatic rings. The van der Waals surface area contributed by atoms with Crippen LogP contribution in [0.5, 0.6) is 0 Å². The highest BCUT2D eigenvalue weighted by molar-refractivity contribution is 7.89. The van der Waals surface area contributed by atoms with Gasteiger partial charge in [0, 0.05) is 65.1 Å². The Kier molecular flexibility index (Phi) is 5.59. The average molecular weight is 520 g/mol. The monoisotopic (exact) mass is 519 g/mol. The molecule has 4 heterocycles. The number of pyridine rings is 1. The van der Waals surface area contributed by atoms with Crippen molar-refractivity contribution >= 4 is 43.0 Å². The highest BCUT2D eigenvalue weighted by Crippen LogP contribution is 2.43.